The summed E-state index contributed by atoms with van der Waals surface area (Å²) in [6.07, 6.45) is 6.26. The van der Waals surface area contributed by atoms with Crippen molar-refractivity contribution in [3.05, 3.63) is 6.33 Å². The standard InChI is InChI=1S/C12H20N6O.ClH/c19-11(9-18-10-14-15-16-18)17-7-3-12(4-8-17)1-5-13-6-2-12;/h10,13H,1-9H2;1H. The summed E-state index contributed by atoms with van der Waals surface area (Å²) in [6, 6.07) is 0. The summed E-state index contributed by atoms with van der Waals surface area (Å²) in [5, 5.41) is 14.2. The number of aromatic nitrogens is 4. The van der Waals surface area contributed by atoms with Crippen LogP contribution in [0.15, 0.2) is 6.33 Å². The van der Waals surface area contributed by atoms with Crippen molar-refractivity contribution in [2.45, 2.75) is 32.2 Å². The lowest BCUT2D eigenvalue weighted by atomic mass is 9.71. The lowest BCUT2D eigenvalue weighted by molar-refractivity contribution is -0.134. The maximum Gasteiger partial charge on any atom is 0.244 e. The van der Waals surface area contributed by atoms with Gasteiger partial charge in [-0.25, -0.2) is 4.68 Å². The molecule has 2 saturated heterocycles. The van der Waals surface area contributed by atoms with Crippen molar-refractivity contribution >= 4 is 18.3 Å². The SMILES string of the molecule is Cl.O=C(Cn1cnnn1)N1CCC2(CCNCC2)CC1. The summed E-state index contributed by atoms with van der Waals surface area (Å²) in [7, 11) is 0. The summed E-state index contributed by atoms with van der Waals surface area (Å²) >= 11 is 0. The minimum atomic E-state index is 0. The van der Waals surface area contributed by atoms with Crippen LogP contribution in [0.3, 0.4) is 0 Å². The quantitative estimate of drug-likeness (QED) is 0.837. The number of carbonyl (C=O) groups is 1. The lowest BCUT2D eigenvalue weighted by Gasteiger charge is -2.44. The molecule has 7 nitrogen and oxygen atoms in total. The van der Waals surface area contributed by atoms with Crippen LogP contribution >= 0.6 is 12.4 Å². The van der Waals surface area contributed by atoms with Crippen molar-refractivity contribution in [3.63, 3.8) is 0 Å². The normalized spacial score (nSPS) is 21.5. The van der Waals surface area contributed by atoms with E-state index in [0.717, 1.165) is 39.0 Å². The van der Waals surface area contributed by atoms with Gasteiger partial charge in [0.15, 0.2) is 0 Å². The van der Waals surface area contributed by atoms with Gasteiger partial charge in [0, 0.05) is 13.1 Å². The van der Waals surface area contributed by atoms with Gasteiger partial charge in [-0.3, -0.25) is 4.79 Å². The van der Waals surface area contributed by atoms with Crippen LogP contribution in [0.25, 0.3) is 0 Å². The Kier molecular flexibility index (Phi) is 4.93. The third-order valence-electron chi connectivity index (χ3n) is 4.53. The molecule has 112 valence electrons. The molecule has 3 rings (SSSR count). The minimum absolute atomic E-state index is 0. The number of tetrazole rings is 1. The molecule has 0 aromatic carbocycles. The van der Waals surface area contributed by atoms with Crippen molar-refractivity contribution in [3.8, 4) is 0 Å². The number of nitrogens with zero attached hydrogens (tertiary/aromatic N) is 5. The van der Waals surface area contributed by atoms with Crippen molar-refractivity contribution in [1.29, 1.82) is 0 Å². The van der Waals surface area contributed by atoms with Gasteiger partial charge in [0.25, 0.3) is 0 Å². The van der Waals surface area contributed by atoms with E-state index < -0.39 is 0 Å². The average molecular weight is 301 g/mol. The third-order valence-corrected chi connectivity index (χ3v) is 4.53. The van der Waals surface area contributed by atoms with Crippen molar-refractivity contribution in [2.75, 3.05) is 26.2 Å². The predicted molar refractivity (Wildman–Crippen MR) is 75.4 cm³/mol. The van der Waals surface area contributed by atoms with E-state index in [2.05, 4.69) is 20.8 Å². The second-order valence-corrected chi connectivity index (χ2v) is 5.64. The van der Waals surface area contributed by atoms with E-state index in [0.29, 0.717) is 5.41 Å². The highest BCUT2D eigenvalue weighted by Crippen LogP contribution is 2.39. The molecule has 20 heavy (non-hydrogen) atoms. The van der Waals surface area contributed by atoms with Crippen LogP contribution in [0.4, 0.5) is 0 Å². The Balaban J connectivity index is 0.00000147. The van der Waals surface area contributed by atoms with Crippen LogP contribution in [0.2, 0.25) is 0 Å². The minimum Gasteiger partial charge on any atom is -0.341 e. The molecule has 1 N–H and O–H groups in total. The topological polar surface area (TPSA) is 75.9 Å². The van der Waals surface area contributed by atoms with Gasteiger partial charge in [0.05, 0.1) is 0 Å². The van der Waals surface area contributed by atoms with Crippen molar-refractivity contribution in [2.24, 2.45) is 5.41 Å². The van der Waals surface area contributed by atoms with E-state index in [1.165, 1.54) is 23.9 Å². The summed E-state index contributed by atoms with van der Waals surface area (Å²) in [4.78, 5) is 14.1. The van der Waals surface area contributed by atoms with Gasteiger partial charge in [0.1, 0.15) is 12.9 Å². The van der Waals surface area contributed by atoms with E-state index in [1.807, 2.05) is 4.90 Å². The Labute approximate surface area is 124 Å². The molecule has 1 amide bonds. The van der Waals surface area contributed by atoms with Crippen LogP contribution in [0.5, 0.6) is 0 Å². The Morgan fingerprint density at radius 1 is 1.20 bits per heavy atom. The fourth-order valence-electron chi connectivity index (χ4n) is 3.18. The fourth-order valence-corrected chi connectivity index (χ4v) is 3.18. The van der Waals surface area contributed by atoms with E-state index in [-0.39, 0.29) is 24.9 Å². The van der Waals surface area contributed by atoms with Crippen LogP contribution in [0.1, 0.15) is 25.7 Å². The zero-order valence-corrected chi connectivity index (χ0v) is 12.3. The molecule has 0 atom stereocenters. The first-order valence-corrected chi connectivity index (χ1v) is 6.97. The zero-order valence-electron chi connectivity index (χ0n) is 11.5. The fraction of sp³-hybridized carbons (Fsp3) is 0.833. The van der Waals surface area contributed by atoms with Gasteiger partial charge in [-0.15, -0.1) is 17.5 Å². The molecule has 2 aliphatic heterocycles. The number of likely N-dealkylation sites (tertiary alicyclic amines) is 1. The molecule has 2 aliphatic rings. The van der Waals surface area contributed by atoms with Gasteiger partial charge in [-0.2, -0.15) is 0 Å². The number of hydrogen-bond acceptors (Lipinski definition) is 5. The van der Waals surface area contributed by atoms with Gasteiger partial charge in [-0.1, -0.05) is 0 Å². The Morgan fingerprint density at radius 3 is 2.50 bits per heavy atom. The monoisotopic (exact) mass is 300 g/mol. The zero-order chi connectivity index (χ0) is 13.1. The second kappa shape index (κ2) is 6.49. The Morgan fingerprint density at radius 2 is 1.90 bits per heavy atom. The average Bonchev–Trinajstić information content (AvgIpc) is 2.93. The number of carbonyl (C=O) groups excluding carboxylic acids is 1. The van der Waals surface area contributed by atoms with Crippen LogP contribution in [-0.2, 0) is 11.3 Å². The predicted octanol–water partition coefficient (Wildman–Crippen LogP) is 0.0871. The van der Waals surface area contributed by atoms with Gasteiger partial charge in [-0.05, 0) is 54.6 Å². The smallest absolute Gasteiger partial charge is 0.244 e. The first-order chi connectivity index (χ1) is 9.27. The van der Waals surface area contributed by atoms with E-state index >= 15 is 0 Å². The molecular formula is C12H21ClN6O. The molecule has 1 aromatic rings. The van der Waals surface area contributed by atoms with Crippen LogP contribution in [-0.4, -0.2) is 57.2 Å². The molecule has 1 aromatic heterocycles. The van der Waals surface area contributed by atoms with Gasteiger partial charge < -0.3 is 10.2 Å². The number of halogens is 1. The van der Waals surface area contributed by atoms with E-state index in [1.54, 1.807) is 0 Å². The number of rotatable bonds is 2. The first kappa shape index (κ1) is 15.2. The molecule has 0 radical (unpaired) electrons. The molecule has 1 spiro atoms. The van der Waals surface area contributed by atoms with Gasteiger partial charge >= 0.3 is 0 Å². The maximum absolute atomic E-state index is 12.1. The molecule has 0 bridgehead atoms. The van der Waals surface area contributed by atoms with Crippen LogP contribution < -0.4 is 5.32 Å². The second-order valence-electron chi connectivity index (χ2n) is 5.64. The molecule has 8 heteroatoms. The highest BCUT2D eigenvalue weighted by molar-refractivity contribution is 5.85. The van der Waals surface area contributed by atoms with E-state index in [4.69, 9.17) is 0 Å². The third kappa shape index (κ3) is 3.27. The molecule has 3 heterocycles. The molecule has 0 saturated carbocycles. The summed E-state index contributed by atoms with van der Waals surface area (Å²) in [5.74, 6) is 0.121. The van der Waals surface area contributed by atoms with Crippen molar-refractivity contribution in [1.82, 2.24) is 30.4 Å². The highest BCUT2D eigenvalue weighted by atomic mass is 35.5. The number of nitrogens with one attached hydrogen (secondary N) is 1. The number of piperidine rings is 2. The molecule has 0 aliphatic carbocycles. The Hall–Kier alpha value is -1.21. The molecule has 2 fully saturated rings. The largest absolute Gasteiger partial charge is 0.341 e. The van der Waals surface area contributed by atoms with Gasteiger partial charge in [0.2, 0.25) is 5.91 Å². The molecule has 0 unspecified atom stereocenters. The summed E-state index contributed by atoms with van der Waals surface area (Å²) < 4.78 is 1.48. The maximum atomic E-state index is 12.1. The van der Waals surface area contributed by atoms with Crippen molar-refractivity contribution < 1.29 is 4.79 Å². The summed E-state index contributed by atoms with van der Waals surface area (Å²) in [6.45, 7) is 4.25. The van der Waals surface area contributed by atoms with E-state index in [9.17, 15) is 4.79 Å². The van der Waals surface area contributed by atoms with Crippen LogP contribution in [0, 0.1) is 5.41 Å². The molecular weight excluding hydrogens is 280 g/mol. The number of hydrogen-bond donors (Lipinski definition) is 1. The number of amides is 1. The summed E-state index contributed by atoms with van der Waals surface area (Å²) in [5.41, 5.74) is 0.483. The Bertz CT molecular complexity index is 421. The highest BCUT2D eigenvalue weighted by Gasteiger charge is 2.36. The first-order valence-electron chi connectivity index (χ1n) is 6.97. The lowest BCUT2D eigenvalue weighted by Crippen LogP contribution is -2.47.